The summed E-state index contributed by atoms with van der Waals surface area (Å²) >= 11 is 0. The molecule has 0 bridgehead atoms. The lowest BCUT2D eigenvalue weighted by Crippen LogP contribution is -2.47. The molecule has 1 aromatic carbocycles. The number of alkyl halides is 3. The Hall–Kier alpha value is -1.23. The van der Waals surface area contributed by atoms with E-state index >= 15 is 0 Å². The number of hydrogen-bond acceptors (Lipinski definition) is 2. The van der Waals surface area contributed by atoms with Crippen LogP contribution in [0.3, 0.4) is 0 Å². The molecule has 88 valence electrons. The van der Waals surface area contributed by atoms with E-state index in [1.54, 1.807) is 38.1 Å². The van der Waals surface area contributed by atoms with Crippen molar-refractivity contribution < 1.29 is 17.9 Å². The van der Waals surface area contributed by atoms with Gasteiger partial charge in [-0.25, -0.2) is 0 Å². The highest BCUT2D eigenvalue weighted by Gasteiger charge is 2.47. The first-order chi connectivity index (χ1) is 7.31. The van der Waals surface area contributed by atoms with Crippen LogP contribution >= 0.6 is 0 Å². The molecule has 0 aromatic heterocycles. The van der Waals surface area contributed by atoms with Gasteiger partial charge in [0.25, 0.3) is 0 Å². The molecule has 0 aliphatic carbocycles. The predicted molar refractivity (Wildman–Crippen MR) is 54.0 cm³/mol. The second-order valence-corrected chi connectivity index (χ2v) is 4.24. The fourth-order valence-electron chi connectivity index (χ4n) is 1.81. The Kier molecular flexibility index (Phi) is 2.38. The van der Waals surface area contributed by atoms with Crippen molar-refractivity contribution in [2.75, 3.05) is 5.32 Å². The SMILES string of the molecule is CC1(C)OC(C(F)(F)F)Nc2ccccc21. The van der Waals surface area contributed by atoms with E-state index in [-0.39, 0.29) is 0 Å². The monoisotopic (exact) mass is 231 g/mol. The van der Waals surface area contributed by atoms with E-state index in [1.807, 2.05) is 0 Å². The van der Waals surface area contributed by atoms with Gasteiger partial charge in [0.1, 0.15) is 0 Å². The minimum absolute atomic E-state index is 0.473. The molecular formula is C11H12F3NO. The quantitative estimate of drug-likeness (QED) is 0.740. The molecular weight excluding hydrogens is 219 g/mol. The van der Waals surface area contributed by atoms with Crippen molar-refractivity contribution in [1.82, 2.24) is 0 Å². The number of rotatable bonds is 0. The molecule has 1 heterocycles. The highest BCUT2D eigenvalue weighted by molar-refractivity contribution is 5.55. The van der Waals surface area contributed by atoms with Gasteiger partial charge in [-0.1, -0.05) is 18.2 Å². The lowest BCUT2D eigenvalue weighted by atomic mass is 9.94. The van der Waals surface area contributed by atoms with Crippen molar-refractivity contribution >= 4 is 5.69 Å². The summed E-state index contributed by atoms with van der Waals surface area (Å²) in [5.74, 6) is 0. The van der Waals surface area contributed by atoms with Crippen LogP contribution in [-0.2, 0) is 10.3 Å². The minimum Gasteiger partial charge on any atom is -0.352 e. The molecule has 0 radical (unpaired) electrons. The Morgan fingerprint density at radius 3 is 2.50 bits per heavy atom. The Balaban J connectivity index is 2.41. The van der Waals surface area contributed by atoms with Gasteiger partial charge in [0.15, 0.2) is 0 Å². The molecule has 0 saturated carbocycles. The van der Waals surface area contributed by atoms with E-state index in [9.17, 15) is 13.2 Å². The fraction of sp³-hybridized carbons (Fsp3) is 0.455. The van der Waals surface area contributed by atoms with Gasteiger partial charge in [-0.3, -0.25) is 0 Å². The number of halogens is 3. The highest BCUT2D eigenvalue weighted by Crippen LogP contribution is 2.40. The molecule has 0 amide bonds. The summed E-state index contributed by atoms with van der Waals surface area (Å²) in [4.78, 5) is 0. The third-order valence-corrected chi connectivity index (χ3v) is 2.57. The first kappa shape index (κ1) is 11.3. The van der Waals surface area contributed by atoms with Crippen LogP contribution in [0.2, 0.25) is 0 Å². The largest absolute Gasteiger partial charge is 0.433 e. The smallest absolute Gasteiger partial charge is 0.352 e. The van der Waals surface area contributed by atoms with Gasteiger partial charge >= 0.3 is 6.18 Å². The first-order valence-electron chi connectivity index (χ1n) is 4.91. The highest BCUT2D eigenvalue weighted by atomic mass is 19.4. The molecule has 1 aliphatic heterocycles. The molecule has 1 N–H and O–H groups in total. The lowest BCUT2D eigenvalue weighted by Gasteiger charge is -2.39. The van der Waals surface area contributed by atoms with Crippen LogP contribution in [0.1, 0.15) is 19.4 Å². The number of benzene rings is 1. The van der Waals surface area contributed by atoms with Crippen LogP contribution in [0, 0.1) is 0 Å². The van der Waals surface area contributed by atoms with Gasteiger partial charge in [-0.05, 0) is 19.9 Å². The van der Waals surface area contributed by atoms with Gasteiger partial charge in [0, 0.05) is 11.3 Å². The summed E-state index contributed by atoms with van der Waals surface area (Å²) in [6.07, 6.45) is -6.36. The van der Waals surface area contributed by atoms with Crippen LogP contribution in [0.4, 0.5) is 18.9 Å². The molecule has 16 heavy (non-hydrogen) atoms. The van der Waals surface area contributed by atoms with Crippen LogP contribution in [0.25, 0.3) is 0 Å². The summed E-state index contributed by atoms with van der Waals surface area (Å²) in [6.45, 7) is 3.26. The molecule has 1 aromatic rings. The number of fused-ring (bicyclic) bond motifs is 1. The van der Waals surface area contributed by atoms with Gasteiger partial charge in [-0.15, -0.1) is 0 Å². The van der Waals surface area contributed by atoms with E-state index in [2.05, 4.69) is 5.32 Å². The molecule has 5 heteroatoms. The maximum atomic E-state index is 12.6. The van der Waals surface area contributed by atoms with E-state index in [0.29, 0.717) is 5.69 Å². The van der Waals surface area contributed by atoms with Crippen LogP contribution in [-0.4, -0.2) is 12.4 Å². The molecule has 0 fully saturated rings. The topological polar surface area (TPSA) is 21.3 Å². The lowest BCUT2D eigenvalue weighted by molar-refractivity contribution is -0.243. The molecule has 1 atom stereocenters. The molecule has 2 rings (SSSR count). The number of hydrogen-bond donors (Lipinski definition) is 1. The third-order valence-electron chi connectivity index (χ3n) is 2.57. The van der Waals surface area contributed by atoms with Crippen LogP contribution in [0.5, 0.6) is 0 Å². The number of ether oxygens (including phenoxy) is 1. The molecule has 0 saturated heterocycles. The first-order valence-corrected chi connectivity index (χ1v) is 4.91. The van der Waals surface area contributed by atoms with Gasteiger partial charge in [0.2, 0.25) is 6.23 Å². The standard InChI is InChI=1S/C11H12F3NO/c1-10(2)7-5-3-4-6-8(7)15-9(16-10)11(12,13)14/h3-6,9,15H,1-2H3. The normalized spacial score (nSPS) is 23.4. The minimum atomic E-state index is -4.41. The Morgan fingerprint density at radius 1 is 1.25 bits per heavy atom. The summed E-state index contributed by atoms with van der Waals surface area (Å²) in [5, 5.41) is 2.35. The van der Waals surface area contributed by atoms with Crippen molar-refractivity contribution in [2.24, 2.45) is 0 Å². The predicted octanol–water partition coefficient (Wildman–Crippen LogP) is 3.25. The maximum absolute atomic E-state index is 12.6. The summed E-state index contributed by atoms with van der Waals surface area (Å²) in [5.41, 5.74) is 0.263. The Morgan fingerprint density at radius 2 is 1.88 bits per heavy atom. The van der Waals surface area contributed by atoms with Crippen LogP contribution in [0.15, 0.2) is 24.3 Å². The summed E-state index contributed by atoms with van der Waals surface area (Å²) in [6, 6.07) is 6.85. The molecule has 2 nitrogen and oxygen atoms in total. The van der Waals surface area contributed by atoms with E-state index in [1.165, 1.54) is 0 Å². The van der Waals surface area contributed by atoms with Crippen molar-refractivity contribution in [3.8, 4) is 0 Å². The third kappa shape index (κ3) is 1.87. The van der Waals surface area contributed by atoms with Gasteiger partial charge < -0.3 is 10.1 Å². The van der Waals surface area contributed by atoms with Crippen molar-refractivity contribution in [3.05, 3.63) is 29.8 Å². The fourth-order valence-corrected chi connectivity index (χ4v) is 1.81. The Labute approximate surface area is 91.4 Å². The van der Waals surface area contributed by atoms with E-state index in [4.69, 9.17) is 4.74 Å². The number of nitrogens with one attached hydrogen (secondary N) is 1. The second-order valence-electron chi connectivity index (χ2n) is 4.24. The van der Waals surface area contributed by atoms with Gasteiger partial charge in [0.05, 0.1) is 5.60 Å². The van der Waals surface area contributed by atoms with Crippen molar-refractivity contribution in [1.29, 1.82) is 0 Å². The molecule has 0 spiro atoms. The summed E-state index contributed by atoms with van der Waals surface area (Å²) in [7, 11) is 0. The van der Waals surface area contributed by atoms with Crippen molar-refractivity contribution in [3.63, 3.8) is 0 Å². The van der Waals surface area contributed by atoms with Crippen LogP contribution < -0.4 is 5.32 Å². The number of para-hydroxylation sites is 1. The second kappa shape index (κ2) is 3.38. The molecule has 1 aliphatic rings. The average molecular weight is 231 g/mol. The van der Waals surface area contributed by atoms with E-state index in [0.717, 1.165) is 5.56 Å². The molecule has 1 unspecified atom stereocenters. The average Bonchev–Trinajstić information content (AvgIpc) is 2.15. The van der Waals surface area contributed by atoms with Gasteiger partial charge in [-0.2, -0.15) is 13.2 Å². The zero-order chi connectivity index (χ0) is 12.0. The van der Waals surface area contributed by atoms with E-state index < -0.39 is 18.0 Å². The number of anilines is 1. The van der Waals surface area contributed by atoms with Crippen molar-refractivity contribution in [2.45, 2.75) is 31.9 Å². The zero-order valence-electron chi connectivity index (χ0n) is 8.93. The zero-order valence-corrected chi connectivity index (χ0v) is 8.93. The Bertz CT molecular complexity index is 400. The maximum Gasteiger partial charge on any atom is 0.433 e. The summed E-state index contributed by atoms with van der Waals surface area (Å²) < 4.78 is 42.8.